The summed E-state index contributed by atoms with van der Waals surface area (Å²) in [7, 11) is 0. The van der Waals surface area contributed by atoms with Crippen LogP contribution in [-0.2, 0) is 9.59 Å². The van der Waals surface area contributed by atoms with E-state index in [0.717, 1.165) is 13.8 Å². The molecule has 54 valence electrons. The number of carboxylic acids is 2. The summed E-state index contributed by atoms with van der Waals surface area (Å²) < 4.78 is 0. The molecule has 0 saturated heterocycles. The summed E-state index contributed by atoms with van der Waals surface area (Å²) in [6, 6.07) is 0. The molecule has 0 aliphatic heterocycles. The van der Waals surface area contributed by atoms with E-state index in [0.29, 0.717) is 0 Å². The van der Waals surface area contributed by atoms with E-state index in [1.807, 2.05) is 0 Å². The molecule has 0 aliphatic rings. The zero-order chi connectivity index (χ0) is 7.15. The summed E-state index contributed by atoms with van der Waals surface area (Å²) >= 11 is 0. The Morgan fingerprint density at radius 3 is 1.00 bits per heavy atom. The first kappa shape index (κ1) is 15.9. The van der Waals surface area contributed by atoms with Crippen molar-refractivity contribution in [1.82, 2.24) is 0 Å². The summed E-state index contributed by atoms with van der Waals surface area (Å²) in [6.07, 6.45) is 0. The molecule has 0 fully saturated rings. The summed E-state index contributed by atoms with van der Waals surface area (Å²) in [6.45, 7) is 2.17. The summed E-state index contributed by atoms with van der Waals surface area (Å²) in [5.74, 6) is -1.67. The Balaban J connectivity index is -0.0000000720. The van der Waals surface area contributed by atoms with Crippen molar-refractivity contribution >= 4 is 39.2 Å². The van der Waals surface area contributed by atoms with E-state index in [9.17, 15) is 0 Å². The predicted octanol–water partition coefficient (Wildman–Crippen LogP) is -0.734. The van der Waals surface area contributed by atoms with Gasteiger partial charge in [-0.2, -0.15) is 0 Å². The van der Waals surface area contributed by atoms with Crippen molar-refractivity contribution < 1.29 is 19.8 Å². The van der Waals surface area contributed by atoms with Crippen LogP contribution in [-0.4, -0.2) is 49.5 Å². The molecule has 0 amide bonds. The van der Waals surface area contributed by atoms with E-state index in [1.54, 1.807) is 0 Å². The van der Waals surface area contributed by atoms with Gasteiger partial charge in [0.15, 0.2) is 0 Å². The quantitative estimate of drug-likeness (QED) is 0.575. The van der Waals surface area contributed by atoms with Crippen molar-refractivity contribution in [3.05, 3.63) is 0 Å². The third kappa shape index (κ3) is 14200. The maximum atomic E-state index is 9.00. The Bertz CT molecular complexity index is 70.6. The minimum absolute atomic E-state index is 0. The van der Waals surface area contributed by atoms with Gasteiger partial charge in [0.1, 0.15) is 0 Å². The molecule has 0 spiro atoms. The second-order valence-electron chi connectivity index (χ2n) is 1.04. The van der Waals surface area contributed by atoms with Crippen LogP contribution in [0.1, 0.15) is 13.8 Å². The van der Waals surface area contributed by atoms with Crippen LogP contribution < -0.4 is 0 Å². The van der Waals surface area contributed by atoms with E-state index in [4.69, 9.17) is 19.8 Å². The van der Waals surface area contributed by atoms with E-state index >= 15 is 0 Å². The van der Waals surface area contributed by atoms with Gasteiger partial charge in [-0.15, -0.1) is 0 Å². The number of rotatable bonds is 0. The molecule has 4 nitrogen and oxygen atoms in total. The van der Waals surface area contributed by atoms with Crippen LogP contribution in [0.4, 0.5) is 0 Å². The van der Waals surface area contributed by atoms with E-state index < -0.39 is 11.9 Å². The van der Waals surface area contributed by atoms with E-state index in [-0.39, 0.29) is 27.3 Å². The molecule has 0 rings (SSSR count). The Morgan fingerprint density at radius 2 is 1.00 bits per heavy atom. The van der Waals surface area contributed by atoms with Crippen molar-refractivity contribution in [3.8, 4) is 0 Å². The molecule has 9 heavy (non-hydrogen) atoms. The van der Waals surface area contributed by atoms with Gasteiger partial charge >= 0.3 is 27.3 Å². The van der Waals surface area contributed by atoms with Crippen LogP contribution in [0.3, 0.4) is 0 Å². The van der Waals surface area contributed by atoms with E-state index in [2.05, 4.69) is 0 Å². The second kappa shape index (κ2) is 10.8. The fraction of sp³-hybridized carbons (Fsp3) is 0.500. The number of aliphatic carboxylic acids is 2. The van der Waals surface area contributed by atoms with Crippen molar-refractivity contribution in [1.29, 1.82) is 0 Å². The van der Waals surface area contributed by atoms with Gasteiger partial charge in [-0.05, 0) is 0 Å². The van der Waals surface area contributed by atoms with Crippen molar-refractivity contribution in [3.63, 3.8) is 0 Å². The normalized spacial score (nSPS) is 5.56. The van der Waals surface area contributed by atoms with E-state index in [1.165, 1.54) is 0 Å². The van der Waals surface area contributed by atoms with Gasteiger partial charge in [-0.1, -0.05) is 0 Å². The Kier molecular flexibility index (Phi) is 19.1. The van der Waals surface area contributed by atoms with Crippen LogP contribution in [0.25, 0.3) is 0 Å². The molecule has 0 aliphatic carbocycles. The van der Waals surface area contributed by atoms with Gasteiger partial charge in [-0.3, -0.25) is 9.59 Å². The third-order valence-corrected chi connectivity index (χ3v) is 0. The first-order chi connectivity index (χ1) is 3.46. The fourth-order valence-corrected chi connectivity index (χ4v) is 0. The molecule has 5 heteroatoms. The minimum atomic E-state index is -0.833. The topological polar surface area (TPSA) is 74.6 Å². The van der Waals surface area contributed by atoms with Crippen LogP contribution in [0.5, 0.6) is 0 Å². The Hall–Kier alpha value is -0.138. The molecule has 2 N–H and O–H groups in total. The number of hydrogen-bond donors (Lipinski definition) is 2. The molecule has 0 aromatic rings. The number of carbonyl (C=O) groups is 2. The molecule has 2 radical (unpaired) electrons. The average Bonchev–Trinajstić information content (AvgIpc) is 1.25. The second-order valence-corrected chi connectivity index (χ2v) is 1.04. The molecule has 0 aromatic heterocycles. The molecule has 0 atom stereocenters. The standard InChI is InChI=1S/2C2H4O2.Pb.2H/c2*1-2(3)4;;;/h2*1H3,(H,3,4);;;. The summed E-state index contributed by atoms with van der Waals surface area (Å²) in [5, 5.41) is 14.8. The van der Waals surface area contributed by atoms with Crippen molar-refractivity contribution in [2.24, 2.45) is 0 Å². The molecular weight excluding hydrogens is 319 g/mol. The van der Waals surface area contributed by atoms with Gasteiger partial charge < -0.3 is 10.2 Å². The van der Waals surface area contributed by atoms with Gasteiger partial charge in [0, 0.05) is 13.8 Å². The van der Waals surface area contributed by atoms with Gasteiger partial charge in [0.25, 0.3) is 11.9 Å². The molecule has 0 saturated carbocycles. The van der Waals surface area contributed by atoms with Gasteiger partial charge in [0.2, 0.25) is 0 Å². The van der Waals surface area contributed by atoms with Gasteiger partial charge in [-0.25, -0.2) is 0 Å². The number of hydrogen-bond acceptors (Lipinski definition) is 2. The van der Waals surface area contributed by atoms with Crippen molar-refractivity contribution in [2.75, 3.05) is 0 Å². The molecular formula is C4H10O4Pb. The monoisotopic (exact) mass is 330 g/mol. The predicted molar refractivity (Wildman–Crippen MR) is 35.2 cm³/mol. The van der Waals surface area contributed by atoms with Crippen LogP contribution in [0.2, 0.25) is 0 Å². The maximum absolute atomic E-state index is 9.00. The molecule has 0 heterocycles. The van der Waals surface area contributed by atoms with Crippen LogP contribution in [0, 0.1) is 0 Å². The number of carboxylic acid groups (broad SMARTS) is 2. The summed E-state index contributed by atoms with van der Waals surface area (Å²) in [5.41, 5.74) is 0. The Labute approximate surface area is 73.0 Å². The SMILES string of the molecule is CC(=O)O.CC(=O)O.[PbH2]. The molecule has 0 aromatic carbocycles. The van der Waals surface area contributed by atoms with Crippen LogP contribution >= 0.6 is 0 Å². The average molecular weight is 329 g/mol. The molecule has 0 bridgehead atoms. The molecule has 0 unspecified atom stereocenters. The Morgan fingerprint density at radius 1 is 1.00 bits per heavy atom. The zero-order valence-corrected chi connectivity index (χ0v) is 10.9. The first-order valence-corrected chi connectivity index (χ1v) is 1.86. The van der Waals surface area contributed by atoms with Crippen LogP contribution in [0.15, 0.2) is 0 Å². The zero-order valence-electron chi connectivity index (χ0n) is 5.42. The fourth-order valence-electron chi connectivity index (χ4n) is 0. The van der Waals surface area contributed by atoms with Crippen molar-refractivity contribution in [2.45, 2.75) is 13.8 Å². The van der Waals surface area contributed by atoms with Gasteiger partial charge in [0.05, 0.1) is 0 Å². The first-order valence-electron chi connectivity index (χ1n) is 1.86. The summed E-state index contributed by atoms with van der Waals surface area (Å²) in [4.78, 5) is 18.0. The third-order valence-electron chi connectivity index (χ3n) is 0.